The van der Waals surface area contributed by atoms with Crippen LogP contribution in [-0.4, -0.2) is 50.0 Å². The first-order valence-corrected chi connectivity index (χ1v) is 14.7. The standard InChI is InChI=1S/C28H39N3O4S/c1-5-23-11-7-10-14-26(23)31(36(4,34)35)20-27(32)30(19-22-17-15-21(3)16-18-22)25(6-2)28(33)29-24-12-8-9-13-24/h7,10-11,14-18,24-25H,5-6,8-9,12-13,19-20H2,1-4H3,(H,29,33). The quantitative estimate of drug-likeness (QED) is 0.488. The second-order valence-electron chi connectivity index (χ2n) is 9.67. The van der Waals surface area contributed by atoms with E-state index in [-0.39, 0.29) is 25.0 Å². The van der Waals surface area contributed by atoms with Crippen molar-refractivity contribution in [1.82, 2.24) is 10.2 Å². The van der Waals surface area contributed by atoms with Crippen molar-refractivity contribution in [2.45, 2.75) is 77.9 Å². The SMILES string of the molecule is CCc1ccccc1N(CC(=O)N(Cc1ccc(C)cc1)C(CC)C(=O)NC1CCCC1)S(C)(=O)=O. The van der Waals surface area contributed by atoms with Gasteiger partial charge >= 0.3 is 0 Å². The van der Waals surface area contributed by atoms with Gasteiger partial charge in [0.05, 0.1) is 11.9 Å². The van der Waals surface area contributed by atoms with Gasteiger partial charge in [-0.05, 0) is 49.8 Å². The van der Waals surface area contributed by atoms with Crippen LogP contribution in [0.5, 0.6) is 0 Å². The molecule has 0 saturated heterocycles. The van der Waals surface area contributed by atoms with Crippen molar-refractivity contribution in [3.05, 3.63) is 65.2 Å². The minimum Gasteiger partial charge on any atom is -0.352 e. The molecule has 1 saturated carbocycles. The molecule has 0 spiro atoms. The maximum Gasteiger partial charge on any atom is 0.244 e. The molecular formula is C28H39N3O4S. The van der Waals surface area contributed by atoms with Crippen molar-refractivity contribution in [3.63, 3.8) is 0 Å². The number of benzene rings is 2. The van der Waals surface area contributed by atoms with Gasteiger partial charge in [0.15, 0.2) is 0 Å². The average Bonchev–Trinajstić information content (AvgIpc) is 3.35. The zero-order valence-corrected chi connectivity index (χ0v) is 22.7. The lowest BCUT2D eigenvalue weighted by molar-refractivity contribution is -0.140. The molecule has 8 heteroatoms. The third kappa shape index (κ3) is 7.09. The minimum atomic E-state index is -3.74. The fraction of sp³-hybridized carbons (Fsp3) is 0.500. The Labute approximate surface area is 215 Å². The van der Waals surface area contributed by atoms with E-state index in [0.717, 1.165) is 52.9 Å². The number of para-hydroxylation sites is 1. The molecule has 3 rings (SSSR count). The van der Waals surface area contributed by atoms with Gasteiger partial charge in [-0.15, -0.1) is 0 Å². The molecule has 2 aromatic rings. The molecule has 1 aliphatic carbocycles. The van der Waals surface area contributed by atoms with E-state index in [1.165, 1.54) is 0 Å². The molecule has 36 heavy (non-hydrogen) atoms. The molecule has 1 fully saturated rings. The number of hydrogen-bond acceptors (Lipinski definition) is 4. The molecule has 0 bridgehead atoms. The minimum absolute atomic E-state index is 0.131. The summed E-state index contributed by atoms with van der Waals surface area (Å²) in [5.41, 5.74) is 3.32. The lowest BCUT2D eigenvalue weighted by Gasteiger charge is -2.33. The summed E-state index contributed by atoms with van der Waals surface area (Å²) in [5.74, 6) is -0.579. The molecule has 0 aliphatic heterocycles. The van der Waals surface area contributed by atoms with Crippen molar-refractivity contribution in [1.29, 1.82) is 0 Å². The van der Waals surface area contributed by atoms with Gasteiger partial charge in [-0.3, -0.25) is 13.9 Å². The van der Waals surface area contributed by atoms with Gasteiger partial charge in [0.1, 0.15) is 12.6 Å². The Balaban J connectivity index is 1.94. The van der Waals surface area contributed by atoms with E-state index in [1.807, 2.05) is 57.2 Å². The number of carbonyl (C=O) groups excluding carboxylic acids is 2. The van der Waals surface area contributed by atoms with Crippen molar-refractivity contribution >= 4 is 27.5 Å². The van der Waals surface area contributed by atoms with Crippen molar-refractivity contribution in [2.24, 2.45) is 0 Å². The van der Waals surface area contributed by atoms with E-state index < -0.39 is 22.0 Å². The second kappa shape index (κ2) is 12.4. The van der Waals surface area contributed by atoms with Crippen molar-refractivity contribution in [2.75, 3.05) is 17.1 Å². The molecule has 1 atom stereocenters. The molecule has 1 unspecified atom stereocenters. The molecule has 1 aliphatic rings. The molecule has 196 valence electrons. The Morgan fingerprint density at radius 1 is 1.03 bits per heavy atom. The highest BCUT2D eigenvalue weighted by Crippen LogP contribution is 2.25. The van der Waals surface area contributed by atoms with Crippen LogP contribution in [0.15, 0.2) is 48.5 Å². The third-order valence-corrected chi connectivity index (χ3v) is 8.01. The number of sulfonamides is 1. The number of anilines is 1. The number of rotatable bonds is 11. The maximum atomic E-state index is 13.8. The molecule has 0 heterocycles. The Bertz CT molecular complexity index is 1140. The van der Waals surface area contributed by atoms with E-state index >= 15 is 0 Å². The van der Waals surface area contributed by atoms with E-state index in [1.54, 1.807) is 17.0 Å². The molecule has 1 N–H and O–H groups in total. The summed E-state index contributed by atoms with van der Waals surface area (Å²) in [6.07, 6.45) is 6.25. The van der Waals surface area contributed by atoms with Gasteiger partial charge < -0.3 is 10.2 Å². The smallest absolute Gasteiger partial charge is 0.244 e. The van der Waals surface area contributed by atoms with Crippen LogP contribution in [-0.2, 0) is 32.6 Å². The van der Waals surface area contributed by atoms with Crippen LogP contribution in [0, 0.1) is 6.92 Å². The van der Waals surface area contributed by atoms with Gasteiger partial charge in [0.2, 0.25) is 21.8 Å². The number of aryl methyl sites for hydroxylation is 2. The van der Waals surface area contributed by atoms with Gasteiger partial charge in [-0.2, -0.15) is 0 Å². The summed E-state index contributed by atoms with van der Waals surface area (Å²) in [6, 6.07) is 14.5. The van der Waals surface area contributed by atoms with Crippen LogP contribution in [0.25, 0.3) is 0 Å². The molecule has 2 aromatic carbocycles. The van der Waals surface area contributed by atoms with Crippen LogP contribution in [0.2, 0.25) is 0 Å². The normalized spacial score (nSPS) is 14.9. The number of nitrogens with zero attached hydrogens (tertiary/aromatic N) is 2. The van der Waals surface area contributed by atoms with E-state index in [0.29, 0.717) is 18.5 Å². The first-order chi connectivity index (χ1) is 17.1. The van der Waals surface area contributed by atoms with Crippen molar-refractivity contribution in [3.8, 4) is 0 Å². The summed E-state index contributed by atoms with van der Waals surface area (Å²) >= 11 is 0. The Kier molecular flexibility index (Phi) is 9.54. The summed E-state index contributed by atoms with van der Waals surface area (Å²) < 4.78 is 26.8. The fourth-order valence-electron chi connectivity index (χ4n) is 4.83. The van der Waals surface area contributed by atoms with Crippen LogP contribution < -0.4 is 9.62 Å². The van der Waals surface area contributed by atoms with E-state index in [2.05, 4.69) is 5.32 Å². The largest absolute Gasteiger partial charge is 0.352 e. The number of nitrogens with one attached hydrogen (secondary N) is 1. The Morgan fingerprint density at radius 2 is 1.67 bits per heavy atom. The summed E-state index contributed by atoms with van der Waals surface area (Å²) in [6.45, 7) is 5.68. The van der Waals surface area contributed by atoms with Crippen LogP contribution in [0.3, 0.4) is 0 Å². The lowest BCUT2D eigenvalue weighted by Crippen LogP contribution is -2.53. The number of amides is 2. The van der Waals surface area contributed by atoms with E-state index in [4.69, 9.17) is 0 Å². The van der Waals surface area contributed by atoms with Crippen LogP contribution in [0.1, 0.15) is 62.6 Å². The van der Waals surface area contributed by atoms with Gasteiger partial charge in [-0.1, -0.05) is 74.7 Å². The molecule has 7 nitrogen and oxygen atoms in total. The summed E-state index contributed by atoms with van der Waals surface area (Å²) in [5, 5.41) is 3.13. The van der Waals surface area contributed by atoms with Gasteiger partial charge in [0.25, 0.3) is 0 Å². The number of hydrogen-bond donors (Lipinski definition) is 1. The van der Waals surface area contributed by atoms with Crippen molar-refractivity contribution < 1.29 is 18.0 Å². The monoisotopic (exact) mass is 513 g/mol. The third-order valence-electron chi connectivity index (χ3n) is 6.88. The highest BCUT2D eigenvalue weighted by atomic mass is 32.2. The fourth-order valence-corrected chi connectivity index (χ4v) is 5.71. The van der Waals surface area contributed by atoms with Crippen LogP contribution >= 0.6 is 0 Å². The van der Waals surface area contributed by atoms with E-state index in [9.17, 15) is 18.0 Å². The molecule has 0 radical (unpaired) electrons. The molecular weight excluding hydrogens is 474 g/mol. The topological polar surface area (TPSA) is 86.8 Å². The highest BCUT2D eigenvalue weighted by Gasteiger charge is 2.33. The Hall–Kier alpha value is -2.87. The highest BCUT2D eigenvalue weighted by molar-refractivity contribution is 7.92. The van der Waals surface area contributed by atoms with Crippen LogP contribution in [0.4, 0.5) is 5.69 Å². The zero-order chi connectivity index (χ0) is 26.3. The Morgan fingerprint density at radius 3 is 2.25 bits per heavy atom. The summed E-state index contributed by atoms with van der Waals surface area (Å²) in [4.78, 5) is 28.7. The van der Waals surface area contributed by atoms with Gasteiger partial charge in [-0.25, -0.2) is 8.42 Å². The molecule has 2 amide bonds. The predicted molar refractivity (Wildman–Crippen MR) is 144 cm³/mol. The maximum absolute atomic E-state index is 13.8. The van der Waals surface area contributed by atoms with Gasteiger partial charge in [0, 0.05) is 12.6 Å². The average molecular weight is 514 g/mol. The first kappa shape index (κ1) is 27.7. The second-order valence-corrected chi connectivity index (χ2v) is 11.6. The lowest BCUT2D eigenvalue weighted by atomic mass is 10.1. The molecule has 0 aromatic heterocycles. The summed E-state index contributed by atoms with van der Waals surface area (Å²) in [7, 11) is -3.74. The first-order valence-electron chi connectivity index (χ1n) is 12.8. The predicted octanol–water partition coefficient (Wildman–Crippen LogP) is 4.19. The zero-order valence-electron chi connectivity index (χ0n) is 21.9. The number of carbonyl (C=O) groups is 2.